The van der Waals surface area contributed by atoms with Gasteiger partial charge in [0.2, 0.25) is 0 Å². The number of rotatable bonds is 5. The Hall–Kier alpha value is -2.55. The van der Waals surface area contributed by atoms with Crippen molar-refractivity contribution in [3.63, 3.8) is 0 Å². The van der Waals surface area contributed by atoms with Crippen LogP contribution in [0.5, 0.6) is 5.75 Å². The molecule has 1 N–H and O–H groups in total. The molecule has 0 aromatic heterocycles. The van der Waals surface area contributed by atoms with E-state index in [2.05, 4.69) is 0 Å². The Morgan fingerprint density at radius 1 is 1.00 bits per heavy atom. The van der Waals surface area contributed by atoms with Gasteiger partial charge in [-0.3, -0.25) is 0 Å². The fourth-order valence-corrected chi connectivity index (χ4v) is 1.64. The van der Waals surface area contributed by atoms with E-state index in [1.165, 1.54) is 0 Å². The third kappa shape index (κ3) is 4.00. The minimum Gasteiger partial charge on any atom is -0.481 e. The number of aliphatic carboxylic acids is 1. The minimum absolute atomic E-state index is 0.337. The van der Waals surface area contributed by atoms with Crippen molar-refractivity contribution >= 4 is 18.1 Å². The van der Waals surface area contributed by atoms with Crippen LogP contribution in [0.4, 0.5) is 0 Å². The van der Waals surface area contributed by atoms with Crippen LogP contribution >= 0.6 is 0 Å². The summed E-state index contributed by atoms with van der Waals surface area (Å²) in [6.07, 6.45) is 3.87. The number of hydrogen-bond acceptors (Lipinski definition) is 2. The van der Waals surface area contributed by atoms with E-state index in [9.17, 15) is 4.79 Å². The second kappa shape index (κ2) is 6.40. The lowest BCUT2D eigenvalue weighted by molar-refractivity contribution is -0.139. The number of para-hydroxylation sites is 1. The highest BCUT2D eigenvalue weighted by atomic mass is 16.5. The molecule has 2 rings (SSSR count). The maximum absolute atomic E-state index is 10.5. The summed E-state index contributed by atoms with van der Waals surface area (Å²) in [5.41, 5.74) is 1.93. The van der Waals surface area contributed by atoms with E-state index >= 15 is 0 Å². The fraction of sp³-hybridized carbons (Fsp3) is 0.0625. The van der Waals surface area contributed by atoms with Crippen molar-refractivity contribution < 1.29 is 14.6 Å². The molecule has 3 nitrogen and oxygen atoms in total. The SMILES string of the molecule is O=C(O)COc1ccccc1/C=C/c1ccccc1. The van der Waals surface area contributed by atoms with Crippen LogP contribution in [0, 0.1) is 0 Å². The van der Waals surface area contributed by atoms with Gasteiger partial charge in [0.05, 0.1) is 0 Å². The van der Waals surface area contributed by atoms with E-state index < -0.39 is 5.97 Å². The van der Waals surface area contributed by atoms with Gasteiger partial charge in [0.25, 0.3) is 0 Å². The first-order chi connectivity index (χ1) is 9.25. The maximum atomic E-state index is 10.5. The molecular weight excluding hydrogens is 240 g/mol. The highest BCUT2D eigenvalue weighted by molar-refractivity contribution is 5.73. The largest absolute Gasteiger partial charge is 0.481 e. The quantitative estimate of drug-likeness (QED) is 0.832. The summed E-state index contributed by atoms with van der Waals surface area (Å²) < 4.78 is 5.24. The number of carboxylic acid groups (broad SMARTS) is 1. The van der Waals surface area contributed by atoms with Crippen LogP contribution in [-0.4, -0.2) is 17.7 Å². The highest BCUT2D eigenvalue weighted by Crippen LogP contribution is 2.20. The van der Waals surface area contributed by atoms with E-state index in [1.807, 2.05) is 60.7 Å². The van der Waals surface area contributed by atoms with Crippen LogP contribution < -0.4 is 4.74 Å². The van der Waals surface area contributed by atoms with Crippen LogP contribution in [-0.2, 0) is 4.79 Å². The molecule has 2 aromatic carbocycles. The zero-order valence-corrected chi connectivity index (χ0v) is 10.3. The van der Waals surface area contributed by atoms with Crippen LogP contribution in [0.2, 0.25) is 0 Å². The van der Waals surface area contributed by atoms with Gasteiger partial charge >= 0.3 is 5.97 Å². The lowest BCUT2D eigenvalue weighted by Crippen LogP contribution is -2.09. The molecule has 0 aliphatic carbocycles. The van der Waals surface area contributed by atoms with E-state index in [4.69, 9.17) is 9.84 Å². The smallest absolute Gasteiger partial charge is 0.341 e. The summed E-state index contributed by atoms with van der Waals surface area (Å²) >= 11 is 0. The van der Waals surface area contributed by atoms with Crippen LogP contribution in [0.3, 0.4) is 0 Å². The molecule has 0 bridgehead atoms. The summed E-state index contributed by atoms with van der Waals surface area (Å²) in [7, 11) is 0. The molecule has 96 valence electrons. The van der Waals surface area contributed by atoms with Gasteiger partial charge in [-0.15, -0.1) is 0 Å². The molecule has 19 heavy (non-hydrogen) atoms. The molecule has 3 heteroatoms. The molecule has 0 aliphatic rings. The number of carboxylic acids is 1. The van der Waals surface area contributed by atoms with Gasteiger partial charge in [-0.25, -0.2) is 4.79 Å². The monoisotopic (exact) mass is 254 g/mol. The molecular formula is C16H14O3. The first-order valence-corrected chi connectivity index (χ1v) is 5.92. The average molecular weight is 254 g/mol. The predicted molar refractivity (Wildman–Crippen MR) is 74.9 cm³/mol. The fourth-order valence-electron chi connectivity index (χ4n) is 1.64. The zero-order chi connectivity index (χ0) is 13.5. The first kappa shape index (κ1) is 12.9. The number of hydrogen-bond donors (Lipinski definition) is 1. The van der Waals surface area contributed by atoms with Crippen molar-refractivity contribution in [2.75, 3.05) is 6.61 Å². The van der Waals surface area contributed by atoms with Crippen molar-refractivity contribution in [1.82, 2.24) is 0 Å². The van der Waals surface area contributed by atoms with Gasteiger partial charge in [-0.1, -0.05) is 60.7 Å². The van der Waals surface area contributed by atoms with Crippen LogP contribution in [0.1, 0.15) is 11.1 Å². The molecule has 0 atom stereocenters. The molecule has 0 spiro atoms. The Labute approximate surface area is 111 Å². The first-order valence-electron chi connectivity index (χ1n) is 5.92. The topological polar surface area (TPSA) is 46.5 Å². The van der Waals surface area contributed by atoms with Crippen molar-refractivity contribution in [2.24, 2.45) is 0 Å². The van der Waals surface area contributed by atoms with Gasteiger partial charge in [0, 0.05) is 5.56 Å². The van der Waals surface area contributed by atoms with E-state index in [0.717, 1.165) is 11.1 Å². The van der Waals surface area contributed by atoms with E-state index in [1.54, 1.807) is 6.07 Å². The van der Waals surface area contributed by atoms with Crippen molar-refractivity contribution in [3.8, 4) is 5.75 Å². The molecule has 0 heterocycles. The van der Waals surface area contributed by atoms with Crippen molar-refractivity contribution in [2.45, 2.75) is 0 Å². The summed E-state index contributed by atoms with van der Waals surface area (Å²) in [6.45, 7) is -0.337. The second-order valence-electron chi connectivity index (χ2n) is 3.96. The highest BCUT2D eigenvalue weighted by Gasteiger charge is 2.02. The van der Waals surface area contributed by atoms with Gasteiger partial charge in [-0.05, 0) is 11.6 Å². The Balaban J connectivity index is 2.16. The zero-order valence-electron chi connectivity index (χ0n) is 10.3. The summed E-state index contributed by atoms with van der Waals surface area (Å²) in [4.78, 5) is 10.5. The Morgan fingerprint density at radius 2 is 1.68 bits per heavy atom. The van der Waals surface area contributed by atoms with E-state index in [-0.39, 0.29) is 6.61 Å². The summed E-state index contributed by atoms with van der Waals surface area (Å²) in [6, 6.07) is 17.2. The average Bonchev–Trinajstić information content (AvgIpc) is 2.45. The Bertz CT molecular complexity index is 574. The Kier molecular flexibility index (Phi) is 4.34. The van der Waals surface area contributed by atoms with Gasteiger partial charge in [-0.2, -0.15) is 0 Å². The molecule has 0 unspecified atom stereocenters. The van der Waals surface area contributed by atoms with Gasteiger partial charge in [0.15, 0.2) is 6.61 Å². The molecule has 0 amide bonds. The van der Waals surface area contributed by atoms with Crippen LogP contribution in [0.15, 0.2) is 54.6 Å². The predicted octanol–water partition coefficient (Wildman–Crippen LogP) is 3.32. The normalized spacial score (nSPS) is 10.5. The van der Waals surface area contributed by atoms with Gasteiger partial charge < -0.3 is 9.84 Å². The molecule has 0 saturated carbocycles. The molecule has 0 fully saturated rings. The third-order valence-electron chi connectivity index (χ3n) is 2.53. The number of carbonyl (C=O) groups is 1. The van der Waals surface area contributed by atoms with E-state index in [0.29, 0.717) is 5.75 Å². The molecule has 0 aliphatic heterocycles. The van der Waals surface area contributed by atoms with Crippen LogP contribution in [0.25, 0.3) is 12.2 Å². The number of benzene rings is 2. The Morgan fingerprint density at radius 3 is 2.42 bits per heavy atom. The lowest BCUT2D eigenvalue weighted by atomic mass is 10.1. The minimum atomic E-state index is -0.984. The third-order valence-corrected chi connectivity index (χ3v) is 2.53. The van der Waals surface area contributed by atoms with Crippen molar-refractivity contribution in [1.29, 1.82) is 0 Å². The molecule has 0 radical (unpaired) electrons. The molecule has 0 saturated heterocycles. The van der Waals surface area contributed by atoms with Crippen molar-refractivity contribution in [3.05, 3.63) is 65.7 Å². The summed E-state index contributed by atoms with van der Waals surface area (Å²) in [5.74, 6) is -0.418. The number of ether oxygens (including phenoxy) is 1. The summed E-state index contributed by atoms with van der Waals surface area (Å²) in [5, 5.41) is 8.63. The second-order valence-corrected chi connectivity index (χ2v) is 3.96. The standard InChI is InChI=1S/C16H14O3/c17-16(18)12-19-15-9-5-4-8-14(15)11-10-13-6-2-1-3-7-13/h1-11H,12H2,(H,17,18)/b11-10+. The molecule has 2 aromatic rings. The van der Waals surface area contributed by atoms with Gasteiger partial charge in [0.1, 0.15) is 5.75 Å². The lowest BCUT2D eigenvalue weighted by Gasteiger charge is -2.06. The maximum Gasteiger partial charge on any atom is 0.341 e.